The zero-order chi connectivity index (χ0) is 11.3. The highest BCUT2D eigenvalue weighted by Gasteiger charge is 2.24. The molecular formula is C12H24N2O. The van der Waals surface area contributed by atoms with Crippen molar-refractivity contribution < 1.29 is 4.79 Å². The van der Waals surface area contributed by atoms with Gasteiger partial charge in [0.25, 0.3) is 0 Å². The molecule has 3 heteroatoms. The largest absolute Gasteiger partial charge is 0.352 e. The topological polar surface area (TPSA) is 55.1 Å². The molecule has 0 aromatic rings. The molecule has 0 spiro atoms. The van der Waals surface area contributed by atoms with Crippen LogP contribution < -0.4 is 11.1 Å². The van der Waals surface area contributed by atoms with Gasteiger partial charge in [0.1, 0.15) is 0 Å². The highest BCUT2D eigenvalue weighted by Crippen LogP contribution is 2.23. The van der Waals surface area contributed by atoms with Gasteiger partial charge in [-0.3, -0.25) is 4.79 Å². The molecule has 1 aliphatic carbocycles. The maximum absolute atomic E-state index is 11.7. The van der Waals surface area contributed by atoms with Crippen LogP contribution in [0.2, 0.25) is 0 Å². The van der Waals surface area contributed by atoms with Gasteiger partial charge in [-0.25, -0.2) is 0 Å². The third kappa shape index (κ3) is 3.82. The molecule has 0 saturated heterocycles. The van der Waals surface area contributed by atoms with Crippen molar-refractivity contribution in [3.63, 3.8) is 0 Å². The predicted molar refractivity (Wildman–Crippen MR) is 62.4 cm³/mol. The van der Waals surface area contributed by atoms with E-state index in [0.29, 0.717) is 12.0 Å². The van der Waals surface area contributed by atoms with Crippen molar-refractivity contribution in [2.75, 3.05) is 0 Å². The zero-order valence-electron chi connectivity index (χ0n) is 9.96. The number of nitrogens with one attached hydrogen (secondary N) is 1. The molecule has 3 nitrogen and oxygen atoms in total. The van der Waals surface area contributed by atoms with E-state index in [0.717, 1.165) is 19.3 Å². The van der Waals surface area contributed by atoms with Crippen molar-refractivity contribution in [1.82, 2.24) is 5.32 Å². The molecule has 0 bridgehead atoms. The summed E-state index contributed by atoms with van der Waals surface area (Å²) in [6, 6.07) is 0.0401. The molecule has 0 aromatic heterocycles. The molecule has 0 heterocycles. The zero-order valence-corrected chi connectivity index (χ0v) is 9.96. The van der Waals surface area contributed by atoms with E-state index >= 15 is 0 Å². The summed E-state index contributed by atoms with van der Waals surface area (Å²) in [6.45, 7) is 4.27. The Labute approximate surface area is 92.8 Å². The smallest absolute Gasteiger partial charge is 0.237 e. The molecule has 0 aliphatic heterocycles. The van der Waals surface area contributed by atoms with Gasteiger partial charge in [0.15, 0.2) is 0 Å². The average Bonchev–Trinajstić information content (AvgIpc) is 2.21. The fraction of sp³-hybridized carbons (Fsp3) is 0.917. The summed E-state index contributed by atoms with van der Waals surface area (Å²) in [5.74, 6) is 0.645. The van der Waals surface area contributed by atoms with Gasteiger partial charge in [-0.05, 0) is 25.2 Å². The maximum Gasteiger partial charge on any atom is 0.237 e. The van der Waals surface area contributed by atoms with E-state index in [1.165, 1.54) is 19.3 Å². The molecule has 0 unspecified atom stereocenters. The van der Waals surface area contributed by atoms with Gasteiger partial charge in [0, 0.05) is 6.04 Å². The second kappa shape index (κ2) is 6.11. The van der Waals surface area contributed by atoms with Crippen LogP contribution in [-0.4, -0.2) is 18.0 Å². The normalized spacial score (nSPS) is 28.5. The first-order valence-corrected chi connectivity index (χ1v) is 6.21. The quantitative estimate of drug-likeness (QED) is 0.746. The summed E-state index contributed by atoms with van der Waals surface area (Å²) in [4.78, 5) is 11.7. The lowest BCUT2D eigenvalue weighted by molar-refractivity contribution is -0.123. The van der Waals surface area contributed by atoms with Crippen LogP contribution in [0.15, 0.2) is 0 Å². The Bertz CT molecular complexity index is 206. The van der Waals surface area contributed by atoms with E-state index in [1.54, 1.807) is 0 Å². The van der Waals surface area contributed by atoms with Crippen LogP contribution in [0.5, 0.6) is 0 Å². The minimum Gasteiger partial charge on any atom is -0.352 e. The van der Waals surface area contributed by atoms with E-state index in [2.05, 4.69) is 19.2 Å². The molecule has 88 valence electrons. The van der Waals surface area contributed by atoms with E-state index in [9.17, 15) is 4.79 Å². The Morgan fingerprint density at radius 3 is 2.73 bits per heavy atom. The summed E-state index contributed by atoms with van der Waals surface area (Å²) in [7, 11) is 0. The number of hydrogen-bond acceptors (Lipinski definition) is 2. The van der Waals surface area contributed by atoms with Crippen molar-refractivity contribution in [3.8, 4) is 0 Å². The van der Waals surface area contributed by atoms with Gasteiger partial charge in [-0.15, -0.1) is 0 Å². The summed E-state index contributed by atoms with van der Waals surface area (Å²) < 4.78 is 0. The molecule has 3 atom stereocenters. The van der Waals surface area contributed by atoms with Crippen molar-refractivity contribution in [1.29, 1.82) is 0 Å². The Balaban J connectivity index is 2.35. The van der Waals surface area contributed by atoms with Gasteiger partial charge < -0.3 is 11.1 Å². The second-order valence-electron chi connectivity index (χ2n) is 4.77. The number of nitrogens with two attached hydrogens (primary N) is 1. The van der Waals surface area contributed by atoms with Crippen LogP contribution in [-0.2, 0) is 4.79 Å². The van der Waals surface area contributed by atoms with Crippen molar-refractivity contribution in [2.45, 2.75) is 64.5 Å². The van der Waals surface area contributed by atoms with E-state index in [-0.39, 0.29) is 11.9 Å². The first-order chi connectivity index (χ1) is 7.15. The third-order valence-electron chi connectivity index (χ3n) is 3.38. The van der Waals surface area contributed by atoms with Crippen LogP contribution in [0, 0.1) is 5.92 Å². The van der Waals surface area contributed by atoms with Gasteiger partial charge in [0.05, 0.1) is 6.04 Å². The Hall–Kier alpha value is -0.570. The minimum absolute atomic E-state index is 0.0376. The Kier molecular flexibility index (Phi) is 5.09. The lowest BCUT2D eigenvalue weighted by Crippen LogP contribution is -2.48. The number of amides is 1. The summed E-state index contributed by atoms with van der Waals surface area (Å²) in [5, 5.41) is 3.09. The van der Waals surface area contributed by atoms with Gasteiger partial charge in [-0.1, -0.05) is 33.1 Å². The van der Waals surface area contributed by atoms with Crippen molar-refractivity contribution in [2.24, 2.45) is 11.7 Å². The van der Waals surface area contributed by atoms with E-state index in [4.69, 9.17) is 5.73 Å². The predicted octanol–water partition coefficient (Wildman–Crippen LogP) is 1.81. The van der Waals surface area contributed by atoms with E-state index < -0.39 is 0 Å². The lowest BCUT2D eigenvalue weighted by atomic mass is 9.86. The molecule has 1 saturated carbocycles. The Morgan fingerprint density at radius 2 is 2.13 bits per heavy atom. The summed E-state index contributed by atoms with van der Waals surface area (Å²) in [6.07, 6.45) is 6.63. The average molecular weight is 212 g/mol. The van der Waals surface area contributed by atoms with Crippen LogP contribution in [0.4, 0.5) is 0 Å². The molecule has 15 heavy (non-hydrogen) atoms. The van der Waals surface area contributed by atoms with Gasteiger partial charge >= 0.3 is 0 Å². The Morgan fingerprint density at radius 1 is 1.47 bits per heavy atom. The maximum atomic E-state index is 11.7. The highest BCUT2D eigenvalue weighted by molar-refractivity contribution is 5.81. The standard InChI is InChI=1S/C12H24N2O/c1-3-6-10(13)12(15)14-11-8-5-4-7-9(11)2/h9-11H,3-8,13H2,1-2H3,(H,14,15)/t9-,10-,11+/m0/s1. The SMILES string of the molecule is CCC[C@H](N)C(=O)N[C@@H]1CCCC[C@@H]1C. The fourth-order valence-corrected chi connectivity index (χ4v) is 2.26. The first-order valence-electron chi connectivity index (χ1n) is 6.21. The molecule has 0 radical (unpaired) electrons. The lowest BCUT2D eigenvalue weighted by Gasteiger charge is -2.30. The fourth-order valence-electron chi connectivity index (χ4n) is 2.26. The molecule has 0 aromatic carbocycles. The molecular weight excluding hydrogens is 188 g/mol. The number of carbonyl (C=O) groups excluding carboxylic acids is 1. The molecule has 1 fully saturated rings. The van der Waals surface area contributed by atoms with E-state index in [1.807, 2.05) is 0 Å². The van der Waals surface area contributed by atoms with Crippen molar-refractivity contribution in [3.05, 3.63) is 0 Å². The second-order valence-corrected chi connectivity index (χ2v) is 4.77. The van der Waals surface area contributed by atoms with Crippen molar-refractivity contribution >= 4 is 5.91 Å². The number of carbonyl (C=O) groups is 1. The summed E-state index contributed by atoms with van der Waals surface area (Å²) >= 11 is 0. The molecule has 1 aliphatic rings. The first kappa shape index (κ1) is 12.5. The van der Waals surface area contributed by atoms with Crippen LogP contribution >= 0.6 is 0 Å². The summed E-state index contributed by atoms with van der Waals surface area (Å²) in [5.41, 5.74) is 5.78. The molecule has 3 N–H and O–H groups in total. The molecule has 1 rings (SSSR count). The highest BCUT2D eigenvalue weighted by atomic mass is 16.2. The van der Waals surface area contributed by atoms with Crippen LogP contribution in [0.25, 0.3) is 0 Å². The third-order valence-corrected chi connectivity index (χ3v) is 3.38. The minimum atomic E-state index is -0.316. The van der Waals surface area contributed by atoms with Crippen LogP contribution in [0.1, 0.15) is 52.4 Å². The number of rotatable bonds is 4. The molecule has 1 amide bonds. The van der Waals surface area contributed by atoms with Crippen LogP contribution in [0.3, 0.4) is 0 Å². The number of hydrogen-bond donors (Lipinski definition) is 2. The monoisotopic (exact) mass is 212 g/mol. The van der Waals surface area contributed by atoms with Gasteiger partial charge in [-0.2, -0.15) is 0 Å². The van der Waals surface area contributed by atoms with Gasteiger partial charge in [0.2, 0.25) is 5.91 Å².